The molecule has 0 N–H and O–H groups in total. The second-order valence-corrected chi connectivity index (χ2v) is 11.4. The van der Waals surface area contributed by atoms with Crippen molar-refractivity contribution in [3.63, 3.8) is 0 Å². The highest BCUT2D eigenvalue weighted by molar-refractivity contribution is 5.77. The van der Waals surface area contributed by atoms with Crippen LogP contribution in [0.15, 0.2) is 48.5 Å². The first-order chi connectivity index (χ1) is 20.5. The van der Waals surface area contributed by atoms with E-state index in [0.29, 0.717) is 12.1 Å². The molecule has 0 radical (unpaired) electrons. The van der Waals surface area contributed by atoms with Crippen molar-refractivity contribution in [1.29, 1.82) is 0 Å². The van der Waals surface area contributed by atoms with Crippen LogP contribution >= 0.6 is 0 Å². The number of nitrogens with zero attached hydrogens (tertiary/aromatic N) is 1. The molecular formula is C31H27F10NO3. The summed E-state index contributed by atoms with van der Waals surface area (Å²) in [7, 11) is 1.23. The van der Waals surface area contributed by atoms with Crippen molar-refractivity contribution in [3.05, 3.63) is 87.7 Å². The third-order valence-electron chi connectivity index (χ3n) is 7.68. The minimum absolute atomic E-state index is 0.0253. The Labute approximate surface area is 251 Å². The summed E-state index contributed by atoms with van der Waals surface area (Å²) in [6.45, 7) is 5.40. The van der Waals surface area contributed by atoms with Gasteiger partial charge in [-0.3, -0.25) is 4.90 Å². The number of ether oxygens (including phenoxy) is 2. The summed E-state index contributed by atoms with van der Waals surface area (Å²) < 4.78 is 148. The van der Waals surface area contributed by atoms with Crippen LogP contribution in [0.2, 0.25) is 0 Å². The highest BCUT2D eigenvalue weighted by Crippen LogP contribution is 2.47. The third-order valence-corrected chi connectivity index (χ3v) is 7.68. The van der Waals surface area contributed by atoms with Gasteiger partial charge in [-0.2, -0.15) is 39.5 Å². The Morgan fingerprint density at radius 3 is 1.87 bits per heavy atom. The Balaban J connectivity index is 1.86. The fraction of sp³-hybridized carbons (Fsp3) is 0.387. The van der Waals surface area contributed by atoms with Gasteiger partial charge in [0.15, 0.2) is 6.10 Å². The number of hydrogen-bond donors (Lipinski definition) is 0. The third kappa shape index (κ3) is 6.69. The molecule has 3 aromatic carbocycles. The van der Waals surface area contributed by atoms with Crippen molar-refractivity contribution in [2.45, 2.75) is 70.3 Å². The summed E-state index contributed by atoms with van der Waals surface area (Å²) in [5.41, 5.74) is -6.19. The number of benzene rings is 3. The van der Waals surface area contributed by atoms with Crippen molar-refractivity contribution in [2.24, 2.45) is 0 Å². The standard InChI is InChI=1S/C31H27F10NO3/c1-15(2)22-12-23(25(44-5)13-24(22)32)21-7-6-18(29(33,34)35)10-17(21)14-42-27(43)45-26(28(42,3)4)16-8-19(30(36,37)38)11-20(9-16)31(39,40)41/h6-13,15,26H,14H2,1-5H3/t26-/m1/s1. The summed E-state index contributed by atoms with van der Waals surface area (Å²) in [5, 5.41) is 0. The number of cyclic esters (lactones) is 1. The Bertz CT molecular complexity index is 1570. The molecule has 1 aliphatic heterocycles. The van der Waals surface area contributed by atoms with Crippen LogP contribution in [0.1, 0.15) is 73.1 Å². The van der Waals surface area contributed by atoms with Gasteiger partial charge in [0, 0.05) is 11.6 Å². The predicted octanol–water partition coefficient (Wildman–Crippen LogP) is 10.2. The SMILES string of the molecule is COc1cc(F)c(C(C)C)cc1-c1ccc(C(F)(F)F)cc1CN1C(=O)O[C@H](c2cc(C(F)(F)F)cc(C(F)(F)F)c2)C1(C)C. The first kappa shape index (κ1) is 33.9. The Morgan fingerprint density at radius 2 is 1.38 bits per heavy atom. The van der Waals surface area contributed by atoms with Gasteiger partial charge in [-0.05, 0) is 78.4 Å². The van der Waals surface area contributed by atoms with Crippen LogP contribution in [0, 0.1) is 5.82 Å². The highest BCUT2D eigenvalue weighted by Gasteiger charge is 2.50. The van der Waals surface area contributed by atoms with Crippen molar-refractivity contribution in [3.8, 4) is 16.9 Å². The minimum atomic E-state index is -5.17. The minimum Gasteiger partial charge on any atom is -0.496 e. The summed E-state index contributed by atoms with van der Waals surface area (Å²) >= 11 is 0. The Hall–Kier alpha value is -3.97. The molecule has 0 spiro atoms. The van der Waals surface area contributed by atoms with Crippen molar-refractivity contribution >= 4 is 6.09 Å². The molecule has 1 heterocycles. The van der Waals surface area contributed by atoms with E-state index in [4.69, 9.17) is 9.47 Å². The molecule has 1 fully saturated rings. The van der Waals surface area contributed by atoms with Gasteiger partial charge in [-0.1, -0.05) is 19.9 Å². The van der Waals surface area contributed by atoms with Crippen molar-refractivity contribution in [2.75, 3.05) is 7.11 Å². The molecule has 1 saturated heterocycles. The fourth-order valence-corrected chi connectivity index (χ4v) is 5.29. The summed E-state index contributed by atoms with van der Waals surface area (Å²) in [6, 6.07) is 5.94. The van der Waals surface area contributed by atoms with Gasteiger partial charge >= 0.3 is 24.6 Å². The normalized spacial score (nSPS) is 17.2. The van der Waals surface area contributed by atoms with Gasteiger partial charge in [0.1, 0.15) is 11.6 Å². The molecule has 0 saturated carbocycles. The molecule has 14 heteroatoms. The van der Waals surface area contributed by atoms with E-state index in [1.807, 2.05) is 0 Å². The van der Waals surface area contributed by atoms with E-state index >= 15 is 0 Å². The Kier molecular flexibility index (Phi) is 8.62. The molecular weight excluding hydrogens is 624 g/mol. The van der Waals surface area contributed by atoms with Crippen LogP contribution in [0.3, 0.4) is 0 Å². The van der Waals surface area contributed by atoms with E-state index in [-0.39, 0.29) is 40.0 Å². The van der Waals surface area contributed by atoms with Gasteiger partial charge in [0.05, 0.1) is 35.9 Å². The summed E-state index contributed by atoms with van der Waals surface area (Å²) in [4.78, 5) is 14.1. The maximum absolute atomic E-state index is 14.8. The number of carbonyl (C=O) groups is 1. The number of alkyl halides is 9. The number of carbonyl (C=O) groups excluding carboxylic acids is 1. The lowest BCUT2D eigenvalue weighted by Gasteiger charge is -2.33. The van der Waals surface area contributed by atoms with Crippen molar-refractivity contribution < 1.29 is 58.2 Å². The van der Waals surface area contributed by atoms with E-state index in [2.05, 4.69) is 0 Å². The lowest BCUT2D eigenvalue weighted by atomic mass is 9.87. The lowest BCUT2D eigenvalue weighted by molar-refractivity contribution is -0.143. The van der Waals surface area contributed by atoms with Gasteiger partial charge in [-0.25, -0.2) is 9.18 Å². The van der Waals surface area contributed by atoms with Gasteiger partial charge in [0.25, 0.3) is 0 Å². The zero-order valence-electron chi connectivity index (χ0n) is 24.4. The van der Waals surface area contributed by atoms with E-state index in [1.165, 1.54) is 27.0 Å². The largest absolute Gasteiger partial charge is 0.496 e. The number of halogens is 10. The molecule has 0 unspecified atom stereocenters. The predicted molar refractivity (Wildman–Crippen MR) is 143 cm³/mol. The molecule has 1 atom stereocenters. The van der Waals surface area contributed by atoms with E-state index in [0.717, 1.165) is 29.2 Å². The molecule has 244 valence electrons. The number of rotatable bonds is 6. The average Bonchev–Trinajstić information content (AvgIpc) is 3.14. The molecule has 4 rings (SSSR count). The number of methoxy groups -OCH3 is 1. The molecule has 45 heavy (non-hydrogen) atoms. The topological polar surface area (TPSA) is 38.8 Å². The molecule has 0 aromatic heterocycles. The van der Waals surface area contributed by atoms with Crippen LogP contribution in [-0.4, -0.2) is 23.6 Å². The van der Waals surface area contributed by atoms with Gasteiger partial charge in [0.2, 0.25) is 0 Å². The zero-order chi connectivity index (χ0) is 33.9. The quantitative estimate of drug-likeness (QED) is 0.249. The number of hydrogen-bond acceptors (Lipinski definition) is 3. The smallest absolute Gasteiger partial charge is 0.416 e. The van der Waals surface area contributed by atoms with E-state index in [1.54, 1.807) is 13.8 Å². The first-order valence-corrected chi connectivity index (χ1v) is 13.4. The maximum atomic E-state index is 14.8. The van der Waals surface area contributed by atoms with Crippen LogP contribution in [0.25, 0.3) is 11.1 Å². The van der Waals surface area contributed by atoms with Crippen LogP contribution < -0.4 is 4.74 Å². The van der Waals surface area contributed by atoms with Gasteiger partial charge < -0.3 is 9.47 Å². The Morgan fingerprint density at radius 1 is 0.822 bits per heavy atom. The van der Waals surface area contributed by atoms with Crippen molar-refractivity contribution in [1.82, 2.24) is 4.90 Å². The maximum Gasteiger partial charge on any atom is 0.416 e. The second-order valence-electron chi connectivity index (χ2n) is 11.4. The van der Waals surface area contributed by atoms with E-state index < -0.39 is 70.9 Å². The average molecular weight is 652 g/mol. The second kappa shape index (κ2) is 11.4. The van der Waals surface area contributed by atoms with Gasteiger partial charge in [-0.15, -0.1) is 0 Å². The summed E-state index contributed by atoms with van der Waals surface area (Å²) in [6.07, 6.45) is -18.0. The molecule has 0 bridgehead atoms. The fourth-order valence-electron chi connectivity index (χ4n) is 5.29. The van der Waals surface area contributed by atoms with Crippen LogP contribution in [0.5, 0.6) is 5.75 Å². The monoisotopic (exact) mass is 651 g/mol. The first-order valence-electron chi connectivity index (χ1n) is 13.4. The van der Waals surface area contributed by atoms with E-state index in [9.17, 15) is 48.7 Å². The molecule has 3 aromatic rings. The molecule has 1 amide bonds. The lowest BCUT2D eigenvalue weighted by Crippen LogP contribution is -2.42. The van der Waals surface area contributed by atoms with Crippen LogP contribution in [-0.2, 0) is 29.8 Å². The molecule has 4 nitrogen and oxygen atoms in total. The summed E-state index contributed by atoms with van der Waals surface area (Å²) in [5.74, 6) is -0.983. The van der Waals surface area contributed by atoms with Crippen LogP contribution in [0.4, 0.5) is 48.7 Å². The molecule has 1 aliphatic rings. The zero-order valence-corrected chi connectivity index (χ0v) is 24.4. The highest BCUT2D eigenvalue weighted by atomic mass is 19.4. The number of amides is 1. The molecule has 0 aliphatic carbocycles.